The molecule has 1 amide bonds. The fourth-order valence-corrected chi connectivity index (χ4v) is 1.56. The summed E-state index contributed by atoms with van der Waals surface area (Å²) in [6, 6.07) is 4.29. The molecular weight excluding hydrogens is 250 g/mol. The second kappa shape index (κ2) is 7.32. The number of nitro groups is 1. The number of carbonyl (C=O) groups is 1. The molecule has 0 heterocycles. The van der Waals surface area contributed by atoms with Crippen LogP contribution in [0.4, 0.5) is 11.4 Å². The third kappa shape index (κ3) is 4.55. The quantitative estimate of drug-likeness (QED) is 0.444. The smallest absolute Gasteiger partial charge is 0.312 e. The lowest BCUT2D eigenvalue weighted by Gasteiger charge is -2.07. The van der Waals surface area contributed by atoms with Gasteiger partial charge in [0.05, 0.1) is 12.0 Å². The first-order chi connectivity index (χ1) is 9.08. The summed E-state index contributed by atoms with van der Waals surface area (Å²) in [6.07, 6.45) is 1.81. The van der Waals surface area contributed by atoms with E-state index in [9.17, 15) is 14.9 Å². The van der Waals surface area contributed by atoms with E-state index in [2.05, 4.69) is 5.32 Å². The van der Waals surface area contributed by atoms with Gasteiger partial charge in [0.1, 0.15) is 0 Å². The Kier molecular flexibility index (Phi) is 5.74. The van der Waals surface area contributed by atoms with Gasteiger partial charge < -0.3 is 15.8 Å². The van der Waals surface area contributed by atoms with Gasteiger partial charge in [-0.25, -0.2) is 0 Å². The average Bonchev–Trinajstić information content (AvgIpc) is 2.39. The normalized spacial score (nSPS) is 10.0. The minimum absolute atomic E-state index is 0.158. The molecule has 0 aliphatic rings. The van der Waals surface area contributed by atoms with Gasteiger partial charge in [-0.15, -0.1) is 0 Å². The molecule has 0 radical (unpaired) electrons. The second-order valence-electron chi connectivity index (χ2n) is 3.94. The summed E-state index contributed by atoms with van der Waals surface area (Å²) >= 11 is 0. The lowest BCUT2D eigenvalue weighted by molar-refractivity contribution is -0.385. The number of unbranched alkanes of at least 4 members (excludes halogenated alkanes) is 1. The van der Waals surface area contributed by atoms with Crippen molar-refractivity contribution in [1.82, 2.24) is 0 Å². The monoisotopic (exact) mass is 267 g/mol. The van der Waals surface area contributed by atoms with Crippen LogP contribution in [0.2, 0.25) is 0 Å². The number of amides is 1. The largest absolute Gasteiger partial charge is 0.490 e. The Labute approximate surface area is 110 Å². The van der Waals surface area contributed by atoms with Gasteiger partial charge >= 0.3 is 5.69 Å². The molecule has 0 saturated carbocycles. The Morgan fingerprint density at radius 3 is 2.79 bits per heavy atom. The number of nitro benzene ring substituents is 1. The number of carbonyl (C=O) groups excluding carboxylic acids is 1. The molecule has 1 aromatic carbocycles. The van der Waals surface area contributed by atoms with Crippen molar-refractivity contribution in [2.75, 3.05) is 19.0 Å². The van der Waals surface area contributed by atoms with Crippen LogP contribution in [-0.4, -0.2) is 24.5 Å². The van der Waals surface area contributed by atoms with Crippen molar-refractivity contribution in [3.63, 3.8) is 0 Å². The maximum atomic E-state index is 11.6. The van der Waals surface area contributed by atoms with E-state index >= 15 is 0 Å². The zero-order valence-corrected chi connectivity index (χ0v) is 10.7. The Bertz CT molecular complexity index is 462. The number of anilines is 1. The van der Waals surface area contributed by atoms with Crippen LogP contribution in [-0.2, 0) is 4.79 Å². The van der Waals surface area contributed by atoms with Crippen LogP contribution in [0, 0.1) is 10.1 Å². The van der Waals surface area contributed by atoms with E-state index in [0.29, 0.717) is 25.1 Å². The number of rotatable bonds is 7. The molecule has 104 valence electrons. The van der Waals surface area contributed by atoms with Crippen molar-refractivity contribution in [3.8, 4) is 5.75 Å². The lowest BCUT2D eigenvalue weighted by atomic mass is 10.2. The minimum atomic E-state index is -0.553. The van der Waals surface area contributed by atoms with E-state index < -0.39 is 4.92 Å². The number of nitrogens with one attached hydrogen (secondary N) is 1. The van der Waals surface area contributed by atoms with Crippen molar-refractivity contribution >= 4 is 17.3 Å². The van der Waals surface area contributed by atoms with Gasteiger partial charge in [-0.05, 0) is 31.5 Å². The van der Waals surface area contributed by atoms with E-state index in [1.54, 1.807) is 6.07 Å². The van der Waals surface area contributed by atoms with Gasteiger partial charge in [-0.2, -0.15) is 0 Å². The van der Waals surface area contributed by atoms with Gasteiger partial charge in [0.2, 0.25) is 5.91 Å². The van der Waals surface area contributed by atoms with E-state index in [0.717, 1.165) is 6.42 Å². The van der Waals surface area contributed by atoms with Crippen LogP contribution in [0.5, 0.6) is 5.75 Å². The molecule has 0 aliphatic carbocycles. The molecule has 7 heteroatoms. The highest BCUT2D eigenvalue weighted by molar-refractivity contribution is 5.91. The van der Waals surface area contributed by atoms with Crippen LogP contribution in [0.25, 0.3) is 0 Å². The fourth-order valence-electron chi connectivity index (χ4n) is 1.56. The third-order valence-corrected chi connectivity index (χ3v) is 2.52. The number of ether oxygens (including phenoxy) is 1. The number of hydrogen-bond acceptors (Lipinski definition) is 5. The topological polar surface area (TPSA) is 107 Å². The molecule has 0 bridgehead atoms. The first kappa shape index (κ1) is 14.9. The Balaban J connectivity index is 2.71. The number of hydrogen-bond donors (Lipinski definition) is 2. The molecule has 0 aromatic heterocycles. The molecular formula is C12H17N3O4. The van der Waals surface area contributed by atoms with Crippen LogP contribution >= 0.6 is 0 Å². The van der Waals surface area contributed by atoms with E-state index in [-0.39, 0.29) is 17.3 Å². The highest BCUT2D eigenvalue weighted by atomic mass is 16.6. The summed E-state index contributed by atoms with van der Waals surface area (Å²) in [5, 5.41) is 13.4. The number of nitrogens with two attached hydrogens (primary N) is 1. The first-order valence-corrected chi connectivity index (χ1v) is 5.91. The molecule has 7 nitrogen and oxygen atoms in total. The van der Waals surface area contributed by atoms with E-state index in [1.165, 1.54) is 19.2 Å². The first-order valence-electron chi connectivity index (χ1n) is 5.91. The average molecular weight is 267 g/mol. The highest BCUT2D eigenvalue weighted by Crippen LogP contribution is 2.29. The maximum absolute atomic E-state index is 11.6. The van der Waals surface area contributed by atoms with Crippen molar-refractivity contribution < 1.29 is 14.5 Å². The molecule has 0 spiro atoms. The molecule has 0 saturated heterocycles. The molecule has 0 unspecified atom stereocenters. The van der Waals surface area contributed by atoms with E-state index in [1.807, 2.05) is 0 Å². The van der Waals surface area contributed by atoms with Gasteiger partial charge in [-0.1, -0.05) is 0 Å². The summed E-state index contributed by atoms with van der Waals surface area (Å²) in [5.41, 5.74) is 5.53. The molecule has 1 rings (SSSR count). The Hall–Kier alpha value is -2.15. The summed E-state index contributed by atoms with van der Waals surface area (Å²) in [5.74, 6) is -0.0287. The number of nitrogens with zero attached hydrogens (tertiary/aromatic N) is 1. The third-order valence-electron chi connectivity index (χ3n) is 2.52. The maximum Gasteiger partial charge on any atom is 0.312 e. The van der Waals surface area contributed by atoms with Crippen LogP contribution in [0.1, 0.15) is 19.3 Å². The van der Waals surface area contributed by atoms with Gasteiger partial charge in [0.15, 0.2) is 5.75 Å². The van der Waals surface area contributed by atoms with Crippen molar-refractivity contribution in [3.05, 3.63) is 28.3 Å². The van der Waals surface area contributed by atoms with Crippen molar-refractivity contribution in [1.29, 1.82) is 0 Å². The molecule has 0 fully saturated rings. The SMILES string of the molecule is COc1ccc(NC(=O)CCCCN)cc1[N+](=O)[O-]. The van der Waals surface area contributed by atoms with Crippen molar-refractivity contribution in [2.24, 2.45) is 5.73 Å². The van der Waals surface area contributed by atoms with Gasteiger partial charge in [0.25, 0.3) is 0 Å². The van der Waals surface area contributed by atoms with Crippen LogP contribution in [0.15, 0.2) is 18.2 Å². The lowest BCUT2D eigenvalue weighted by Crippen LogP contribution is -2.12. The van der Waals surface area contributed by atoms with Crippen molar-refractivity contribution in [2.45, 2.75) is 19.3 Å². The molecule has 19 heavy (non-hydrogen) atoms. The fraction of sp³-hybridized carbons (Fsp3) is 0.417. The molecule has 0 aliphatic heterocycles. The standard InChI is InChI=1S/C12H17N3O4/c1-19-11-6-5-9(8-10(11)15(17)18)14-12(16)4-2-3-7-13/h5-6,8H,2-4,7,13H2,1H3,(H,14,16). The van der Waals surface area contributed by atoms with Crippen LogP contribution < -0.4 is 15.8 Å². The zero-order valence-electron chi connectivity index (χ0n) is 10.7. The highest BCUT2D eigenvalue weighted by Gasteiger charge is 2.15. The Morgan fingerprint density at radius 2 is 2.21 bits per heavy atom. The molecule has 1 aromatic rings. The second-order valence-corrected chi connectivity index (χ2v) is 3.94. The molecule has 0 atom stereocenters. The summed E-state index contributed by atoms with van der Waals surface area (Å²) in [7, 11) is 1.35. The zero-order chi connectivity index (χ0) is 14.3. The number of methoxy groups -OCH3 is 1. The van der Waals surface area contributed by atoms with Gasteiger partial charge in [-0.3, -0.25) is 14.9 Å². The van der Waals surface area contributed by atoms with Crippen LogP contribution in [0.3, 0.4) is 0 Å². The molecule has 3 N–H and O–H groups in total. The summed E-state index contributed by atoms with van der Waals surface area (Å²) < 4.78 is 4.88. The van der Waals surface area contributed by atoms with E-state index in [4.69, 9.17) is 10.5 Å². The Morgan fingerprint density at radius 1 is 1.47 bits per heavy atom. The predicted molar refractivity (Wildman–Crippen MR) is 71.2 cm³/mol. The summed E-state index contributed by atoms with van der Waals surface area (Å²) in [6.45, 7) is 0.543. The predicted octanol–water partition coefficient (Wildman–Crippen LogP) is 1.67. The number of benzene rings is 1. The minimum Gasteiger partial charge on any atom is -0.490 e. The summed E-state index contributed by atoms with van der Waals surface area (Å²) in [4.78, 5) is 21.8. The van der Waals surface area contributed by atoms with Gasteiger partial charge in [0, 0.05) is 18.2 Å².